The molecule has 3 heterocycles. The molecule has 2 unspecified atom stereocenters. The number of nitrogens with zero attached hydrogens (tertiary/aromatic N) is 4. The molecule has 2 saturated heterocycles. The second-order valence-electron chi connectivity index (χ2n) is 6.18. The van der Waals surface area contributed by atoms with Crippen LogP contribution in [0.25, 0.3) is 0 Å². The molecule has 0 aliphatic carbocycles. The van der Waals surface area contributed by atoms with Gasteiger partial charge in [0.05, 0.1) is 18.8 Å². The van der Waals surface area contributed by atoms with Gasteiger partial charge in [0.2, 0.25) is 0 Å². The van der Waals surface area contributed by atoms with Crippen LogP contribution in [0.1, 0.15) is 5.56 Å². The normalized spacial score (nSPS) is 22.5. The van der Waals surface area contributed by atoms with Crippen molar-refractivity contribution in [2.75, 3.05) is 31.2 Å². The summed E-state index contributed by atoms with van der Waals surface area (Å²) >= 11 is 0. The van der Waals surface area contributed by atoms with E-state index in [1.54, 1.807) is 4.90 Å². The SMILES string of the molecule is Cn1cc(CN2CC2COc2ccc(N3CCOC3=O)cc2)cn1. The number of hydrogen-bond donors (Lipinski definition) is 0. The molecule has 0 N–H and O–H groups in total. The highest BCUT2D eigenvalue weighted by Gasteiger charge is 2.34. The highest BCUT2D eigenvalue weighted by molar-refractivity contribution is 5.89. The molecule has 1 amide bonds. The van der Waals surface area contributed by atoms with Gasteiger partial charge in [-0.25, -0.2) is 4.79 Å². The average molecular weight is 328 g/mol. The van der Waals surface area contributed by atoms with Crippen LogP contribution in [-0.2, 0) is 18.3 Å². The maximum Gasteiger partial charge on any atom is 0.414 e. The van der Waals surface area contributed by atoms with E-state index in [-0.39, 0.29) is 6.09 Å². The van der Waals surface area contributed by atoms with Crippen LogP contribution in [0.2, 0.25) is 0 Å². The summed E-state index contributed by atoms with van der Waals surface area (Å²) in [4.78, 5) is 15.5. The van der Waals surface area contributed by atoms with E-state index in [4.69, 9.17) is 9.47 Å². The first kappa shape index (κ1) is 15.0. The fourth-order valence-corrected chi connectivity index (χ4v) is 2.91. The van der Waals surface area contributed by atoms with Gasteiger partial charge in [0.1, 0.15) is 19.0 Å². The summed E-state index contributed by atoms with van der Waals surface area (Å²) in [7, 11) is 1.93. The smallest absolute Gasteiger partial charge is 0.414 e. The Balaban J connectivity index is 1.25. The van der Waals surface area contributed by atoms with Gasteiger partial charge < -0.3 is 9.47 Å². The molecule has 7 heteroatoms. The van der Waals surface area contributed by atoms with Crippen LogP contribution in [0.4, 0.5) is 10.5 Å². The molecule has 2 aliphatic rings. The molecular weight excluding hydrogens is 308 g/mol. The van der Waals surface area contributed by atoms with Crippen LogP contribution in [0.3, 0.4) is 0 Å². The zero-order valence-corrected chi connectivity index (χ0v) is 13.6. The van der Waals surface area contributed by atoms with Crippen molar-refractivity contribution in [1.29, 1.82) is 0 Å². The number of rotatable bonds is 6. The van der Waals surface area contributed by atoms with E-state index in [0.29, 0.717) is 25.8 Å². The van der Waals surface area contributed by atoms with Gasteiger partial charge in [-0.2, -0.15) is 5.10 Å². The number of aromatic nitrogens is 2. The quantitative estimate of drug-likeness (QED) is 0.755. The fourth-order valence-electron chi connectivity index (χ4n) is 2.91. The second-order valence-corrected chi connectivity index (χ2v) is 6.18. The summed E-state index contributed by atoms with van der Waals surface area (Å²) in [6, 6.07) is 8.03. The zero-order chi connectivity index (χ0) is 16.5. The van der Waals surface area contributed by atoms with Crippen molar-refractivity contribution in [2.45, 2.75) is 12.6 Å². The van der Waals surface area contributed by atoms with Gasteiger partial charge in [-0.3, -0.25) is 14.5 Å². The number of cyclic esters (lactones) is 1. The average Bonchev–Trinajstić information content (AvgIpc) is 2.94. The second kappa shape index (κ2) is 6.16. The van der Waals surface area contributed by atoms with Gasteiger partial charge >= 0.3 is 6.09 Å². The van der Waals surface area contributed by atoms with Crippen LogP contribution in [-0.4, -0.2) is 53.1 Å². The number of benzene rings is 1. The Morgan fingerprint density at radius 2 is 2.17 bits per heavy atom. The van der Waals surface area contributed by atoms with Gasteiger partial charge in [0.15, 0.2) is 0 Å². The number of aryl methyl sites for hydroxylation is 1. The molecule has 2 aliphatic heterocycles. The summed E-state index contributed by atoms with van der Waals surface area (Å²) in [6.45, 7) is 3.69. The Hall–Kier alpha value is -2.54. The number of anilines is 1. The van der Waals surface area contributed by atoms with Crippen LogP contribution in [0.5, 0.6) is 5.75 Å². The molecule has 2 atom stereocenters. The molecule has 0 radical (unpaired) electrons. The molecule has 4 rings (SSSR count). The maximum atomic E-state index is 11.5. The Labute approximate surface area is 140 Å². The van der Waals surface area contributed by atoms with Crippen molar-refractivity contribution < 1.29 is 14.3 Å². The topological polar surface area (TPSA) is 59.6 Å². The largest absolute Gasteiger partial charge is 0.492 e. The Kier molecular flexibility index (Phi) is 3.86. The van der Waals surface area contributed by atoms with Crippen LogP contribution < -0.4 is 9.64 Å². The van der Waals surface area contributed by atoms with Gasteiger partial charge in [-0.1, -0.05) is 0 Å². The Morgan fingerprint density at radius 3 is 2.83 bits per heavy atom. The Bertz CT molecular complexity index is 728. The fraction of sp³-hybridized carbons (Fsp3) is 0.412. The van der Waals surface area contributed by atoms with E-state index in [2.05, 4.69) is 10.00 Å². The third-order valence-electron chi connectivity index (χ3n) is 4.32. The lowest BCUT2D eigenvalue weighted by atomic mass is 10.3. The van der Waals surface area contributed by atoms with Crippen molar-refractivity contribution in [3.63, 3.8) is 0 Å². The summed E-state index contributed by atoms with van der Waals surface area (Å²) in [5, 5.41) is 4.18. The van der Waals surface area contributed by atoms with E-state index in [1.165, 1.54) is 5.56 Å². The van der Waals surface area contributed by atoms with Crippen molar-refractivity contribution in [2.24, 2.45) is 7.05 Å². The monoisotopic (exact) mass is 328 g/mol. The van der Waals surface area contributed by atoms with Crippen LogP contribution >= 0.6 is 0 Å². The summed E-state index contributed by atoms with van der Waals surface area (Å²) in [5.41, 5.74) is 2.07. The van der Waals surface area contributed by atoms with Crippen molar-refractivity contribution in [3.8, 4) is 5.75 Å². The van der Waals surface area contributed by atoms with Crippen molar-refractivity contribution in [1.82, 2.24) is 14.7 Å². The molecule has 1 aromatic heterocycles. The Morgan fingerprint density at radius 1 is 1.33 bits per heavy atom. The lowest BCUT2D eigenvalue weighted by Crippen LogP contribution is -2.23. The van der Waals surface area contributed by atoms with Gasteiger partial charge in [0.25, 0.3) is 0 Å². The minimum Gasteiger partial charge on any atom is -0.492 e. The molecular formula is C17H20N4O3. The number of hydrogen-bond acceptors (Lipinski definition) is 5. The molecule has 2 aromatic rings. The van der Waals surface area contributed by atoms with E-state index in [9.17, 15) is 4.79 Å². The zero-order valence-electron chi connectivity index (χ0n) is 13.6. The number of ether oxygens (including phenoxy) is 2. The standard InChI is InChI=1S/C17H20N4O3/c1-19-9-13(8-18-19)10-20-11-15(20)12-24-16-4-2-14(3-5-16)21-6-7-23-17(21)22/h2-5,8-9,15H,6-7,10-12H2,1H3. The predicted molar refractivity (Wildman–Crippen MR) is 88.0 cm³/mol. The van der Waals surface area contributed by atoms with E-state index >= 15 is 0 Å². The van der Waals surface area contributed by atoms with Crippen LogP contribution in [0.15, 0.2) is 36.7 Å². The number of amides is 1. The van der Waals surface area contributed by atoms with Crippen molar-refractivity contribution in [3.05, 3.63) is 42.2 Å². The molecule has 0 spiro atoms. The third-order valence-corrected chi connectivity index (χ3v) is 4.32. The third kappa shape index (κ3) is 3.21. The summed E-state index contributed by atoms with van der Waals surface area (Å²) in [6.07, 6.45) is 3.66. The lowest BCUT2D eigenvalue weighted by molar-refractivity contribution is 0.181. The molecule has 7 nitrogen and oxygen atoms in total. The molecule has 1 aromatic carbocycles. The first-order chi connectivity index (χ1) is 11.7. The number of carbonyl (C=O) groups excluding carboxylic acids is 1. The van der Waals surface area contributed by atoms with Crippen LogP contribution in [0, 0.1) is 0 Å². The first-order valence-electron chi connectivity index (χ1n) is 8.08. The van der Waals surface area contributed by atoms with E-state index in [0.717, 1.165) is 24.5 Å². The van der Waals surface area contributed by atoms with Gasteiger partial charge in [-0.05, 0) is 24.3 Å². The highest BCUT2D eigenvalue weighted by Crippen LogP contribution is 2.25. The summed E-state index contributed by atoms with van der Waals surface area (Å²) < 4.78 is 12.6. The molecule has 2 fully saturated rings. The molecule has 0 bridgehead atoms. The lowest BCUT2D eigenvalue weighted by Gasteiger charge is -2.13. The first-order valence-corrected chi connectivity index (χ1v) is 8.08. The van der Waals surface area contributed by atoms with Crippen molar-refractivity contribution >= 4 is 11.8 Å². The van der Waals surface area contributed by atoms with E-state index in [1.807, 2.05) is 48.4 Å². The number of carbonyl (C=O) groups is 1. The molecule has 126 valence electrons. The minimum absolute atomic E-state index is 0.285. The molecule has 24 heavy (non-hydrogen) atoms. The predicted octanol–water partition coefficient (Wildman–Crippen LogP) is 1.64. The summed E-state index contributed by atoms with van der Waals surface area (Å²) in [5.74, 6) is 0.819. The van der Waals surface area contributed by atoms with Gasteiger partial charge in [0, 0.05) is 37.6 Å². The van der Waals surface area contributed by atoms with E-state index < -0.39 is 0 Å². The highest BCUT2D eigenvalue weighted by atomic mass is 16.6. The minimum atomic E-state index is -0.285. The maximum absolute atomic E-state index is 11.5. The van der Waals surface area contributed by atoms with Gasteiger partial charge in [-0.15, -0.1) is 0 Å². The molecule has 0 saturated carbocycles.